The van der Waals surface area contributed by atoms with Crippen LogP contribution < -0.4 is 14.4 Å². The number of hydrogen-bond donors (Lipinski definition) is 0. The highest BCUT2D eigenvalue weighted by molar-refractivity contribution is 7.85. The average molecular weight is 513 g/mol. The summed E-state index contributed by atoms with van der Waals surface area (Å²) >= 11 is 0. The second-order valence-corrected chi connectivity index (χ2v) is 9.88. The number of hydrogen-bond acceptors (Lipinski definition) is 8. The molecule has 3 rings (SSSR count). The zero-order chi connectivity index (χ0) is 26.3. The second kappa shape index (κ2) is 11.9. The van der Waals surface area contributed by atoms with Crippen LogP contribution in [-0.4, -0.2) is 58.5 Å². The maximum absolute atomic E-state index is 11.4. The van der Waals surface area contributed by atoms with Gasteiger partial charge < -0.3 is 14.4 Å². The molecule has 0 amide bonds. The number of rotatable bonds is 12. The Kier molecular flexibility index (Phi) is 8.89. The Morgan fingerprint density at radius 2 is 1.83 bits per heavy atom. The van der Waals surface area contributed by atoms with Gasteiger partial charge in [-0.15, -0.1) is 0 Å². The third kappa shape index (κ3) is 7.19. The molecule has 0 saturated carbocycles. The highest BCUT2D eigenvalue weighted by Gasteiger charge is 2.15. The van der Waals surface area contributed by atoms with Gasteiger partial charge in [-0.05, 0) is 49.9 Å². The van der Waals surface area contributed by atoms with E-state index < -0.39 is 10.1 Å². The predicted molar refractivity (Wildman–Crippen MR) is 144 cm³/mol. The zero-order valence-corrected chi connectivity index (χ0v) is 22.1. The largest absolute Gasteiger partial charge is 0.497 e. The zero-order valence-electron chi connectivity index (χ0n) is 21.3. The molecular formula is C26H32N4O5S. The van der Waals surface area contributed by atoms with Crippen molar-refractivity contribution in [3.05, 3.63) is 59.9 Å². The van der Waals surface area contributed by atoms with Gasteiger partial charge in [0.1, 0.15) is 11.5 Å². The number of methoxy groups -OCH3 is 2. The van der Waals surface area contributed by atoms with Gasteiger partial charge in [-0.3, -0.25) is 13.9 Å². The van der Waals surface area contributed by atoms with Crippen molar-refractivity contribution in [3.63, 3.8) is 0 Å². The van der Waals surface area contributed by atoms with Crippen molar-refractivity contribution in [2.75, 3.05) is 38.5 Å². The number of ether oxygens (including phenoxy) is 2. The summed E-state index contributed by atoms with van der Waals surface area (Å²) in [5.74, 6) is 1.28. The van der Waals surface area contributed by atoms with Gasteiger partial charge in [-0.25, -0.2) is 0 Å². The van der Waals surface area contributed by atoms with Gasteiger partial charge in [0, 0.05) is 60.5 Å². The van der Waals surface area contributed by atoms with Gasteiger partial charge in [0.05, 0.1) is 39.0 Å². The first kappa shape index (κ1) is 27.0. The first-order valence-corrected chi connectivity index (χ1v) is 13.1. The van der Waals surface area contributed by atoms with E-state index in [0.29, 0.717) is 24.5 Å². The van der Waals surface area contributed by atoms with Crippen LogP contribution in [0.5, 0.6) is 11.5 Å². The molecule has 2 aromatic carbocycles. The van der Waals surface area contributed by atoms with Crippen LogP contribution in [-0.2, 0) is 21.3 Å². The van der Waals surface area contributed by atoms with Gasteiger partial charge in [0.2, 0.25) is 0 Å². The SMILES string of the molecule is C=Nc1ccc(N(CCCOS(C)(=O)=O)c2cc(OC)cc(OC)c2)cc1C=C(C)c1cnn(C)c1. The Bertz CT molecular complexity index is 1330. The maximum atomic E-state index is 11.4. The fraction of sp³-hybridized carbons (Fsp3) is 0.308. The Balaban J connectivity index is 2.04. The summed E-state index contributed by atoms with van der Waals surface area (Å²) in [6, 6.07) is 11.5. The number of aryl methyl sites for hydroxylation is 1. The Labute approximate surface area is 212 Å². The molecule has 0 saturated heterocycles. The summed E-state index contributed by atoms with van der Waals surface area (Å²) in [5.41, 5.74) is 5.36. The van der Waals surface area contributed by atoms with E-state index in [1.807, 2.05) is 62.8 Å². The molecule has 1 heterocycles. The molecule has 0 bridgehead atoms. The lowest BCUT2D eigenvalue weighted by Gasteiger charge is -2.26. The highest BCUT2D eigenvalue weighted by atomic mass is 32.2. The van der Waals surface area contributed by atoms with Gasteiger partial charge in [0.15, 0.2) is 0 Å². The number of anilines is 2. The summed E-state index contributed by atoms with van der Waals surface area (Å²) < 4.78 is 40.5. The standard InChI is InChI=1S/C26H32N4O5S/c1-19(21-17-28-29(3)18-21)12-20-13-22(8-9-26(20)27-2)30(10-7-11-35-36(6,31)32)23-14-24(33-4)16-25(15-23)34-5/h8-9,12-18H,2,7,10-11H2,1,3-6H3. The fourth-order valence-corrected chi connectivity index (χ4v) is 4.12. The number of nitrogens with zero attached hydrogens (tertiary/aromatic N) is 4. The van der Waals surface area contributed by atoms with E-state index in [1.54, 1.807) is 25.0 Å². The summed E-state index contributed by atoms with van der Waals surface area (Å²) in [7, 11) is 1.55. The quantitative estimate of drug-likeness (QED) is 0.195. The number of benzene rings is 2. The van der Waals surface area contributed by atoms with E-state index in [9.17, 15) is 8.42 Å². The van der Waals surface area contributed by atoms with Crippen molar-refractivity contribution in [1.82, 2.24) is 9.78 Å². The van der Waals surface area contributed by atoms with E-state index in [4.69, 9.17) is 13.7 Å². The molecule has 0 aliphatic carbocycles. The first-order chi connectivity index (χ1) is 17.1. The predicted octanol–water partition coefficient (Wildman–Crippen LogP) is 4.83. The summed E-state index contributed by atoms with van der Waals surface area (Å²) in [6.45, 7) is 6.29. The lowest BCUT2D eigenvalue weighted by Crippen LogP contribution is -2.20. The fourth-order valence-electron chi connectivity index (χ4n) is 3.70. The lowest BCUT2D eigenvalue weighted by molar-refractivity contribution is 0.318. The van der Waals surface area contributed by atoms with Crippen molar-refractivity contribution in [2.45, 2.75) is 13.3 Å². The van der Waals surface area contributed by atoms with Gasteiger partial charge in [-0.1, -0.05) is 0 Å². The molecule has 36 heavy (non-hydrogen) atoms. The molecule has 0 aliphatic rings. The molecule has 0 fully saturated rings. The molecule has 0 spiro atoms. The third-order valence-electron chi connectivity index (χ3n) is 5.50. The smallest absolute Gasteiger partial charge is 0.264 e. The van der Waals surface area contributed by atoms with Crippen molar-refractivity contribution >= 4 is 45.5 Å². The molecule has 10 heteroatoms. The van der Waals surface area contributed by atoms with Crippen LogP contribution in [0.1, 0.15) is 24.5 Å². The van der Waals surface area contributed by atoms with Crippen molar-refractivity contribution in [1.29, 1.82) is 0 Å². The summed E-state index contributed by atoms with van der Waals surface area (Å²) in [6.07, 6.45) is 7.32. The van der Waals surface area contributed by atoms with E-state index in [-0.39, 0.29) is 6.61 Å². The summed E-state index contributed by atoms with van der Waals surface area (Å²) in [5, 5.41) is 4.25. The van der Waals surface area contributed by atoms with E-state index in [1.165, 1.54) is 0 Å². The number of aliphatic imine (C=N–C) groups is 1. The highest BCUT2D eigenvalue weighted by Crippen LogP contribution is 2.36. The van der Waals surface area contributed by atoms with Crippen LogP contribution >= 0.6 is 0 Å². The van der Waals surface area contributed by atoms with Crippen LogP contribution in [0.3, 0.4) is 0 Å². The molecular weight excluding hydrogens is 480 g/mol. The van der Waals surface area contributed by atoms with Crippen molar-refractivity contribution in [2.24, 2.45) is 12.0 Å². The van der Waals surface area contributed by atoms with Crippen LogP contribution in [0.2, 0.25) is 0 Å². The molecule has 0 unspecified atom stereocenters. The van der Waals surface area contributed by atoms with E-state index >= 15 is 0 Å². The molecule has 3 aromatic rings. The third-order valence-corrected chi connectivity index (χ3v) is 6.09. The minimum atomic E-state index is -3.52. The summed E-state index contributed by atoms with van der Waals surface area (Å²) in [4.78, 5) is 6.25. The molecule has 0 aliphatic heterocycles. The minimum absolute atomic E-state index is 0.0651. The monoisotopic (exact) mass is 512 g/mol. The normalized spacial score (nSPS) is 11.9. The van der Waals surface area contributed by atoms with Crippen LogP contribution in [0.15, 0.2) is 53.8 Å². The molecule has 9 nitrogen and oxygen atoms in total. The van der Waals surface area contributed by atoms with Crippen LogP contribution in [0.25, 0.3) is 11.6 Å². The molecule has 0 radical (unpaired) electrons. The lowest BCUT2D eigenvalue weighted by atomic mass is 10.0. The van der Waals surface area contributed by atoms with Gasteiger partial charge in [0.25, 0.3) is 10.1 Å². The van der Waals surface area contributed by atoms with E-state index in [0.717, 1.165) is 40.0 Å². The Morgan fingerprint density at radius 1 is 1.14 bits per heavy atom. The Morgan fingerprint density at radius 3 is 2.39 bits per heavy atom. The van der Waals surface area contributed by atoms with Gasteiger partial charge in [-0.2, -0.15) is 13.5 Å². The van der Waals surface area contributed by atoms with Crippen molar-refractivity contribution < 1.29 is 22.1 Å². The van der Waals surface area contributed by atoms with Crippen LogP contribution in [0, 0.1) is 0 Å². The molecule has 192 valence electrons. The maximum Gasteiger partial charge on any atom is 0.264 e. The second-order valence-electron chi connectivity index (χ2n) is 8.23. The number of aromatic nitrogens is 2. The molecule has 0 N–H and O–H groups in total. The van der Waals surface area contributed by atoms with Crippen molar-refractivity contribution in [3.8, 4) is 11.5 Å². The number of allylic oxidation sites excluding steroid dienone is 1. The van der Waals surface area contributed by atoms with Crippen LogP contribution in [0.4, 0.5) is 17.1 Å². The molecule has 0 atom stereocenters. The van der Waals surface area contributed by atoms with Gasteiger partial charge >= 0.3 is 0 Å². The average Bonchev–Trinajstić information content (AvgIpc) is 3.29. The minimum Gasteiger partial charge on any atom is -0.497 e. The Hall–Kier alpha value is -3.63. The van der Waals surface area contributed by atoms with E-state index in [2.05, 4.69) is 21.7 Å². The first-order valence-electron chi connectivity index (χ1n) is 11.3. The molecule has 1 aromatic heterocycles. The topological polar surface area (TPSA) is 95.2 Å².